The molecule has 1 rings (SSSR count). The van der Waals surface area contributed by atoms with Crippen molar-refractivity contribution in [3.05, 3.63) is 35.9 Å². The van der Waals surface area contributed by atoms with Crippen LogP contribution in [0.25, 0.3) is 0 Å². The molecule has 2 nitrogen and oxygen atoms in total. The minimum Gasteiger partial charge on any atom is -0.321 e. The van der Waals surface area contributed by atoms with Crippen molar-refractivity contribution in [3.8, 4) is 0 Å². The summed E-state index contributed by atoms with van der Waals surface area (Å²) < 4.78 is 0. The number of carbonyl (C=O) groups excluding carboxylic acids is 1. The zero-order valence-electron chi connectivity index (χ0n) is 8.03. The highest BCUT2D eigenvalue weighted by molar-refractivity contribution is 6.00. The van der Waals surface area contributed by atoms with Crippen molar-refractivity contribution in [2.75, 3.05) is 0 Å². The molecule has 0 aliphatic carbocycles. The van der Waals surface area contributed by atoms with Crippen LogP contribution >= 0.6 is 0 Å². The molecule has 0 spiro atoms. The maximum atomic E-state index is 11.7. The number of Topliss-reactive ketones (excluding diaryl/α,β-unsaturated/α-hetero) is 1. The highest BCUT2D eigenvalue weighted by Gasteiger charge is 2.18. The second-order valence-corrected chi connectivity index (χ2v) is 3.50. The lowest BCUT2D eigenvalue weighted by molar-refractivity contribution is 0.0940. The van der Waals surface area contributed by atoms with E-state index in [1.54, 1.807) is 12.1 Å². The molecule has 13 heavy (non-hydrogen) atoms. The molecular weight excluding hydrogens is 162 g/mol. The minimum absolute atomic E-state index is 0.0237. The largest absolute Gasteiger partial charge is 0.321 e. The van der Waals surface area contributed by atoms with Crippen LogP contribution in [0.15, 0.2) is 30.3 Å². The molecule has 0 saturated carbocycles. The SMILES string of the molecule is CC(C)[C@@H](N)C(=O)c1ccccc1. The van der Waals surface area contributed by atoms with Gasteiger partial charge in [-0.05, 0) is 5.92 Å². The van der Waals surface area contributed by atoms with Crippen molar-refractivity contribution in [2.45, 2.75) is 19.9 Å². The molecule has 2 heteroatoms. The van der Waals surface area contributed by atoms with E-state index in [1.165, 1.54) is 0 Å². The quantitative estimate of drug-likeness (QED) is 0.716. The summed E-state index contributed by atoms with van der Waals surface area (Å²) >= 11 is 0. The van der Waals surface area contributed by atoms with Crippen LogP contribution in [0.4, 0.5) is 0 Å². The Morgan fingerprint density at radius 3 is 2.23 bits per heavy atom. The normalized spacial score (nSPS) is 12.9. The van der Waals surface area contributed by atoms with Gasteiger partial charge in [0.1, 0.15) is 0 Å². The Morgan fingerprint density at radius 1 is 1.23 bits per heavy atom. The number of carbonyl (C=O) groups is 1. The molecule has 0 amide bonds. The molecule has 1 aromatic rings. The van der Waals surface area contributed by atoms with Crippen molar-refractivity contribution in [1.82, 2.24) is 0 Å². The van der Waals surface area contributed by atoms with Gasteiger partial charge in [-0.2, -0.15) is 0 Å². The first kappa shape index (κ1) is 9.93. The summed E-state index contributed by atoms with van der Waals surface area (Å²) in [5.74, 6) is 0.211. The van der Waals surface area contributed by atoms with Gasteiger partial charge in [-0.15, -0.1) is 0 Å². The number of hydrogen-bond acceptors (Lipinski definition) is 2. The monoisotopic (exact) mass is 177 g/mol. The lowest BCUT2D eigenvalue weighted by Crippen LogP contribution is -2.35. The first-order valence-corrected chi connectivity index (χ1v) is 4.47. The van der Waals surface area contributed by atoms with Gasteiger partial charge in [-0.3, -0.25) is 4.79 Å². The molecule has 0 bridgehead atoms. The van der Waals surface area contributed by atoms with Gasteiger partial charge in [0.25, 0.3) is 0 Å². The summed E-state index contributed by atoms with van der Waals surface area (Å²) in [5, 5.41) is 0. The van der Waals surface area contributed by atoms with Crippen molar-refractivity contribution >= 4 is 5.78 Å². The van der Waals surface area contributed by atoms with E-state index in [-0.39, 0.29) is 17.7 Å². The van der Waals surface area contributed by atoms with Crippen LogP contribution in [-0.2, 0) is 0 Å². The Labute approximate surface area is 78.8 Å². The van der Waals surface area contributed by atoms with Crippen molar-refractivity contribution in [1.29, 1.82) is 0 Å². The van der Waals surface area contributed by atoms with Gasteiger partial charge in [0.15, 0.2) is 5.78 Å². The molecule has 1 aromatic carbocycles. The minimum atomic E-state index is -0.387. The Hall–Kier alpha value is -1.15. The van der Waals surface area contributed by atoms with Gasteiger partial charge in [0, 0.05) is 5.56 Å². The number of nitrogens with two attached hydrogens (primary N) is 1. The highest BCUT2D eigenvalue weighted by atomic mass is 16.1. The molecule has 2 N–H and O–H groups in total. The number of benzene rings is 1. The molecule has 0 saturated heterocycles. The van der Waals surface area contributed by atoms with E-state index in [1.807, 2.05) is 32.0 Å². The van der Waals surface area contributed by atoms with Crippen LogP contribution < -0.4 is 5.73 Å². The maximum Gasteiger partial charge on any atom is 0.179 e. The van der Waals surface area contributed by atoms with E-state index in [4.69, 9.17) is 5.73 Å². The third kappa shape index (κ3) is 2.39. The van der Waals surface area contributed by atoms with Gasteiger partial charge in [-0.25, -0.2) is 0 Å². The van der Waals surface area contributed by atoms with E-state index in [0.717, 1.165) is 0 Å². The van der Waals surface area contributed by atoms with Crippen molar-refractivity contribution in [2.24, 2.45) is 11.7 Å². The second kappa shape index (κ2) is 4.19. The zero-order valence-corrected chi connectivity index (χ0v) is 8.03. The molecule has 70 valence electrons. The van der Waals surface area contributed by atoms with Crippen LogP contribution in [0.5, 0.6) is 0 Å². The third-order valence-electron chi connectivity index (χ3n) is 2.08. The smallest absolute Gasteiger partial charge is 0.179 e. The molecule has 0 fully saturated rings. The van der Waals surface area contributed by atoms with Crippen molar-refractivity contribution < 1.29 is 4.79 Å². The van der Waals surface area contributed by atoms with E-state index in [9.17, 15) is 4.79 Å². The predicted octanol–water partition coefficient (Wildman–Crippen LogP) is 1.85. The van der Waals surface area contributed by atoms with Crippen LogP contribution in [0.1, 0.15) is 24.2 Å². The van der Waals surface area contributed by atoms with E-state index >= 15 is 0 Å². The predicted molar refractivity (Wildman–Crippen MR) is 53.6 cm³/mol. The van der Waals surface area contributed by atoms with Gasteiger partial charge in [0.2, 0.25) is 0 Å². The zero-order chi connectivity index (χ0) is 9.84. The lowest BCUT2D eigenvalue weighted by Gasteiger charge is -2.13. The summed E-state index contributed by atoms with van der Waals surface area (Å²) in [5.41, 5.74) is 6.44. The van der Waals surface area contributed by atoms with Crippen LogP contribution in [0.2, 0.25) is 0 Å². The maximum absolute atomic E-state index is 11.7. The fraction of sp³-hybridized carbons (Fsp3) is 0.364. The average molecular weight is 177 g/mol. The Balaban J connectivity index is 2.80. The number of ketones is 1. The molecule has 0 aliphatic rings. The van der Waals surface area contributed by atoms with Crippen LogP contribution in [-0.4, -0.2) is 11.8 Å². The Bertz CT molecular complexity index is 279. The van der Waals surface area contributed by atoms with E-state index in [2.05, 4.69) is 0 Å². The van der Waals surface area contributed by atoms with E-state index in [0.29, 0.717) is 5.56 Å². The topological polar surface area (TPSA) is 43.1 Å². The molecule has 0 aliphatic heterocycles. The van der Waals surface area contributed by atoms with Crippen LogP contribution in [0.3, 0.4) is 0 Å². The molecular formula is C11H15NO. The average Bonchev–Trinajstić information content (AvgIpc) is 2.17. The summed E-state index contributed by atoms with van der Waals surface area (Å²) in [7, 11) is 0. The molecule has 0 radical (unpaired) electrons. The first-order chi connectivity index (χ1) is 6.13. The summed E-state index contributed by atoms with van der Waals surface area (Å²) in [6.45, 7) is 3.90. The lowest BCUT2D eigenvalue weighted by atomic mass is 9.96. The molecule has 1 atom stereocenters. The Kier molecular flexibility index (Phi) is 3.20. The third-order valence-corrected chi connectivity index (χ3v) is 2.08. The van der Waals surface area contributed by atoms with Gasteiger partial charge < -0.3 is 5.73 Å². The second-order valence-electron chi connectivity index (χ2n) is 3.50. The summed E-state index contributed by atoms with van der Waals surface area (Å²) in [6, 6.07) is 8.79. The van der Waals surface area contributed by atoms with Gasteiger partial charge in [0.05, 0.1) is 6.04 Å². The fourth-order valence-electron chi connectivity index (χ4n) is 1.10. The number of hydrogen-bond donors (Lipinski definition) is 1. The number of rotatable bonds is 3. The molecule has 0 aromatic heterocycles. The van der Waals surface area contributed by atoms with E-state index < -0.39 is 0 Å². The van der Waals surface area contributed by atoms with Gasteiger partial charge in [-0.1, -0.05) is 44.2 Å². The summed E-state index contributed by atoms with van der Waals surface area (Å²) in [6.07, 6.45) is 0. The van der Waals surface area contributed by atoms with Gasteiger partial charge >= 0.3 is 0 Å². The molecule has 0 heterocycles. The molecule has 0 unspecified atom stereocenters. The Morgan fingerprint density at radius 2 is 1.77 bits per heavy atom. The standard InChI is InChI=1S/C11H15NO/c1-8(2)10(12)11(13)9-6-4-3-5-7-9/h3-8,10H,12H2,1-2H3/t10-/m1/s1. The first-order valence-electron chi connectivity index (χ1n) is 4.47. The summed E-state index contributed by atoms with van der Waals surface area (Å²) in [4.78, 5) is 11.7. The van der Waals surface area contributed by atoms with Crippen molar-refractivity contribution in [3.63, 3.8) is 0 Å². The van der Waals surface area contributed by atoms with Crippen LogP contribution in [0, 0.1) is 5.92 Å². The fourth-order valence-corrected chi connectivity index (χ4v) is 1.10. The highest BCUT2D eigenvalue weighted by Crippen LogP contribution is 2.07.